The quantitative estimate of drug-likeness (QED) is 0.188. The Bertz CT molecular complexity index is 1440. The van der Waals surface area contributed by atoms with Gasteiger partial charge in [-0.15, -0.1) is 24.8 Å². The van der Waals surface area contributed by atoms with E-state index in [2.05, 4.69) is 10.6 Å². The molecule has 1 heterocycles. The molecule has 1 aliphatic heterocycles. The van der Waals surface area contributed by atoms with Crippen LogP contribution in [0.25, 0.3) is 0 Å². The van der Waals surface area contributed by atoms with Gasteiger partial charge in [0.15, 0.2) is 5.78 Å². The molecule has 0 aromatic heterocycles. The van der Waals surface area contributed by atoms with Gasteiger partial charge in [-0.25, -0.2) is 4.79 Å². The summed E-state index contributed by atoms with van der Waals surface area (Å²) in [5.41, 5.74) is 3.43. The number of hydrogen-bond donors (Lipinski definition) is 4. The van der Waals surface area contributed by atoms with Crippen molar-refractivity contribution in [3.8, 4) is 11.5 Å². The first kappa shape index (κ1) is 36.4. The Morgan fingerprint density at radius 3 is 2.11 bits per heavy atom. The third-order valence-electron chi connectivity index (χ3n) is 7.65. The van der Waals surface area contributed by atoms with E-state index in [0.717, 1.165) is 18.7 Å². The second kappa shape index (κ2) is 16.3. The van der Waals surface area contributed by atoms with E-state index >= 15 is 0 Å². The maximum atomic E-state index is 13.3. The molecule has 0 unspecified atom stereocenters. The van der Waals surface area contributed by atoms with Crippen LogP contribution in [0.3, 0.4) is 0 Å². The van der Waals surface area contributed by atoms with Crippen molar-refractivity contribution in [1.82, 2.24) is 10.6 Å². The first-order valence-electron chi connectivity index (χ1n) is 14.3. The molecule has 0 bridgehead atoms. The van der Waals surface area contributed by atoms with Crippen molar-refractivity contribution in [2.24, 2.45) is 0 Å². The number of nitrogens with zero attached hydrogens (tertiary/aromatic N) is 1. The summed E-state index contributed by atoms with van der Waals surface area (Å²) in [5, 5.41) is 27.0. The fraction of sp³-hybridized carbons (Fsp3) is 0.364. The number of aryl methyl sites for hydroxylation is 2. The van der Waals surface area contributed by atoms with Gasteiger partial charge in [-0.1, -0.05) is 26.0 Å². The SMILES string of the molecule is CCc1cc(C(=O)N[C@@H]2CNCCC[C@H]2OC(=O)c2ccc(C(=O)c3cc(N(C)C)ccc3O)cc2)cc(CC)c1O.Cl.Cl. The number of aromatic hydroxyl groups is 2. The number of ether oxygens (including phenoxy) is 1. The number of phenols is 2. The van der Waals surface area contributed by atoms with Crippen LogP contribution in [-0.2, 0) is 17.6 Å². The number of carbonyl (C=O) groups excluding carboxylic acids is 3. The van der Waals surface area contributed by atoms with Gasteiger partial charge in [0.2, 0.25) is 0 Å². The number of carbonyl (C=O) groups is 3. The Morgan fingerprint density at radius 2 is 1.52 bits per heavy atom. The van der Waals surface area contributed by atoms with Crippen molar-refractivity contribution in [3.63, 3.8) is 0 Å². The fourth-order valence-electron chi connectivity index (χ4n) is 5.09. The number of anilines is 1. The zero-order chi connectivity index (χ0) is 30.4. The van der Waals surface area contributed by atoms with E-state index in [0.29, 0.717) is 48.1 Å². The van der Waals surface area contributed by atoms with E-state index < -0.39 is 18.1 Å². The highest BCUT2D eigenvalue weighted by atomic mass is 35.5. The summed E-state index contributed by atoms with van der Waals surface area (Å²) < 4.78 is 5.90. The standard InChI is InChI=1S/C33H39N3O6.2ClH/c1-5-20-16-24(17-21(6-2)30(20)38)32(40)35-27-19-34-15-7-8-29(27)42-33(41)23-11-9-22(10-12-23)31(39)26-18-25(36(3)4)13-14-28(26)37;;/h9-14,16-18,27,29,34,37-38H,5-8,15,19H2,1-4H3,(H,35,40);2*1H/t27-,29-;;/m1../s1. The minimum Gasteiger partial charge on any atom is -0.507 e. The Kier molecular flexibility index (Phi) is 13.5. The number of halogens is 2. The monoisotopic (exact) mass is 645 g/mol. The summed E-state index contributed by atoms with van der Waals surface area (Å²) in [5.74, 6) is -1.10. The zero-order valence-corrected chi connectivity index (χ0v) is 27.0. The van der Waals surface area contributed by atoms with Gasteiger partial charge < -0.3 is 30.5 Å². The maximum Gasteiger partial charge on any atom is 0.338 e. The molecule has 0 aliphatic carbocycles. The van der Waals surface area contributed by atoms with Crippen LogP contribution in [0, 0.1) is 0 Å². The smallest absolute Gasteiger partial charge is 0.338 e. The van der Waals surface area contributed by atoms with Gasteiger partial charge in [-0.05, 0) is 85.8 Å². The molecule has 1 fully saturated rings. The summed E-state index contributed by atoms with van der Waals surface area (Å²) in [7, 11) is 3.69. The summed E-state index contributed by atoms with van der Waals surface area (Å²) in [4.78, 5) is 41.3. The maximum absolute atomic E-state index is 13.3. The van der Waals surface area contributed by atoms with Crippen molar-refractivity contribution in [3.05, 3.63) is 88.0 Å². The third-order valence-corrected chi connectivity index (χ3v) is 7.65. The second-order valence-corrected chi connectivity index (χ2v) is 10.7. The first-order valence-corrected chi connectivity index (χ1v) is 14.3. The number of nitrogens with one attached hydrogen (secondary N) is 2. The molecule has 4 rings (SSSR count). The average Bonchev–Trinajstić information content (AvgIpc) is 3.21. The Labute approximate surface area is 270 Å². The van der Waals surface area contributed by atoms with Crippen molar-refractivity contribution >= 4 is 48.2 Å². The lowest BCUT2D eigenvalue weighted by Crippen LogP contribution is -2.49. The average molecular weight is 647 g/mol. The predicted octanol–water partition coefficient (Wildman–Crippen LogP) is 5.07. The van der Waals surface area contributed by atoms with Crippen molar-refractivity contribution in [2.75, 3.05) is 32.1 Å². The van der Waals surface area contributed by atoms with Gasteiger partial charge >= 0.3 is 5.97 Å². The molecule has 11 heteroatoms. The van der Waals surface area contributed by atoms with Crippen LogP contribution in [-0.4, -0.2) is 67.2 Å². The van der Waals surface area contributed by atoms with Gasteiger partial charge in [-0.3, -0.25) is 9.59 Å². The highest BCUT2D eigenvalue weighted by Crippen LogP contribution is 2.27. The minimum atomic E-state index is -0.558. The van der Waals surface area contributed by atoms with E-state index in [1.165, 1.54) is 30.3 Å². The topological polar surface area (TPSA) is 128 Å². The molecule has 3 aromatic rings. The van der Waals surface area contributed by atoms with Gasteiger partial charge in [0.05, 0.1) is 17.2 Å². The van der Waals surface area contributed by atoms with E-state index in [9.17, 15) is 24.6 Å². The van der Waals surface area contributed by atoms with Crippen LogP contribution < -0.4 is 15.5 Å². The number of benzene rings is 3. The van der Waals surface area contributed by atoms with E-state index in [1.54, 1.807) is 24.3 Å². The number of hydrogen-bond acceptors (Lipinski definition) is 8. The molecule has 0 spiro atoms. The molecule has 44 heavy (non-hydrogen) atoms. The lowest BCUT2D eigenvalue weighted by Gasteiger charge is -2.26. The number of phenolic OH excluding ortho intramolecular Hbond substituents is 2. The molecule has 0 radical (unpaired) electrons. The van der Waals surface area contributed by atoms with E-state index in [-0.39, 0.29) is 59.1 Å². The van der Waals surface area contributed by atoms with Gasteiger partial charge in [0.1, 0.15) is 17.6 Å². The largest absolute Gasteiger partial charge is 0.507 e. The molecule has 1 amide bonds. The lowest BCUT2D eigenvalue weighted by molar-refractivity contribution is 0.0192. The molecule has 0 saturated carbocycles. The number of amides is 1. The van der Waals surface area contributed by atoms with Gasteiger partial charge in [-0.2, -0.15) is 0 Å². The van der Waals surface area contributed by atoms with Crippen LogP contribution in [0.2, 0.25) is 0 Å². The van der Waals surface area contributed by atoms with Gasteiger partial charge in [0.25, 0.3) is 5.91 Å². The summed E-state index contributed by atoms with van der Waals surface area (Å²) in [6, 6.07) is 13.9. The third kappa shape index (κ3) is 8.43. The van der Waals surface area contributed by atoms with Crippen LogP contribution in [0.1, 0.15) is 74.5 Å². The Morgan fingerprint density at radius 1 is 0.909 bits per heavy atom. The number of ketones is 1. The first-order chi connectivity index (χ1) is 20.1. The summed E-state index contributed by atoms with van der Waals surface area (Å²) in [6.45, 7) is 5.02. The fourth-order valence-corrected chi connectivity index (χ4v) is 5.09. The highest BCUT2D eigenvalue weighted by Gasteiger charge is 2.29. The van der Waals surface area contributed by atoms with Crippen molar-refractivity contribution < 1.29 is 29.3 Å². The van der Waals surface area contributed by atoms with Crippen LogP contribution >= 0.6 is 24.8 Å². The molecular formula is C33H41Cl2N3O6. The molecule has 2 atom stereocenters. The number of esters is 1. The van der Waals surface area contributed by atoms with Crippen molar-refractivity contribution in [2.45, 2.75) is 51.7 Å². The Balaban J connectivity index is 0.00000337. The second-order valence-electron chi connectivity index (χ2n) is 10.7. The molecule has 4 N–H and O–H groups in total. The summed E-state index contributed by atoms with van der Waals surface area (Å²) in [6.07, 6.45) is 1.97. The molecule has 9 nitrogen and oxygen atoms in total. The minimum absolute atomic E-state index is 0. The normalized spacial score (nSPS) is 16.0. The van der Waals surface area contributed by atoms with Gasteiger partial charge in [0, 0.05) is 37.5 Å². The van der Waals surface area contributed by atoms with Crippen LogP contribution in [0.4, 0.5) is 5.69 Å². The zero-order valence-electron chi connectivity index (χ0n) is 25.4. The molecule has 3 aromatic carbocycles. The van der Waals surface area contributed by atoms with Crippen LogP contribution in [0.15, 0.2) is 54.6 Å². The molecule has 1 saturated heterocycles. The van der Waals surface area contributed by atoms with Crippen LogP contribution in [0.5, 0.6) is 11.5 Å². The van der Waals surface area contributed by atoms with E-state index in [4.69, 9.17) is 4.74 Å². The molecular weight excluding hydrogens is 605 g/mol. The lowest BCUT2D eigenvalue weighted by atomic mass is 9.99. The highest BCUT2D eigenvalue weighted by molar-refractivity contribution is 6.11. The predicted molar refractivity (Wildman–Crippen MR) is 176 cm³/mol. The Hall–Kier alpha value is -3.79. The van der Waals surface area contributed by atoms with E-state index in [1.807, 2.05) is 32.8 Å². The number of rotatable bonds is 9. The summed E-state index contributed by atoms with van der Waals surface area (Å²) >= 11 is 0. The molecule has 238 valence electrons. The van der Waals surface area contributed by atoms with Crippen molar-refractivity contribution in [1.29, 1.82) is 0 Å². The molecule has 1 aliphatic rings.